The van der Waals surface area contributed by atoms with Gasteiger partial charge in [0, 0.05) is 25.7 Å². The lowest BCUT2D eigenvalue weighted by Crippen LogP contribution is -2.38. The van der Waals surface area contributed by atoms with Crippen LogP contribution in [0.25, 0.3) is 0 Å². The molecule has 0 bridgehead atoms. The van der Waals surface area contributed by atoms with Gasteiger partial charge in [-0.3, -0.25) is 13.9 Å². The zero-order chi connectivity index (χ0) is 21.0. The van der Waals surface area contributed by atoms with Gasteiger partial charge >= 0.3 is 0 Å². The third-order valence-electron chi connectivity index (χ3n) is 4.81. The van der Waals surface area contributed by atoms with Gasteiger partial charge in [-0.1, -0.05) is 31.2 Å². The van der Waals surface area contributed by atoms with Crippen molar-refractivity contribution in [1.82, 2.24) is 10.2 Å². The van der Waals surface area contributed by atoms with Crippen molar-refractivity contribution < 1.29 is 18.0 Å². The van der Waals surface area contributed by atoms with E-state index in [0.29, 0.717) is 25.2 Å². The van der Waals surface area contributed by atoms with Gasteiger partial charge in [0.05, 0.1) is 17.1 Å². The Morgan fingerprint density at radius 1 is 1.14 bits per heavy atom. The summed E-state index contributed by atoms with van der Waals surface area (Å²) in [7, 11) is -2.27. The third-order valence-corrected chi connectivity index (χ3v) is 6.62. The molecule has 7 nitrogen and oxygen atoms in total. The van der Waals surface area contributed by atoms with Gasteiger partial charge in [-0.2, -0.15) is 0 Å². The summed E-state index contributed by atoms with van der Waals surface area (Å²) in [6.45, 7) is 2.78. The number of amides is 2. The van der Waals surface area contributed by atoms with Crippen molar-refractivity contribution in [2.45, 2.75) is 24.7 Å². The maximum Gasteiger partial charge on any atom is 0.264 e. The van der Waals surface area contributed by atoms with E-state index in [1.54, 1.807) is 18.2 Å². The number of para-hydroxylation sites is 1. The van der Waals surface area contributed by atoms with Crippen LogP contribution in [0.1, 0.15) is 29.3 Å². The van der Waals surface area contributed by atoms with Gasteiger partial charge in [-0.15, -0.1) is 0 Å². The Morgan fingerprint density at radius 2 is 1.90 bits per heavy atom. The van der Waals surface area contributed by atoms with Crippen LogP contribution >= 0.6 is 0 Å². The Balaban J connectivity index is 1.80. The molecular formula is C21H25N3O4S. The van der Waals surface area contributed by atoms with Gasteiger partial charge in [0.25, 0.3) is 15.9 Å². The van der Waals surface area contributed by atoms with Crippen molar-refractivity contribution in [2.75, 3.05) is 31.0 Å². The van der Waals surface area contributed by atoms with Gasteiger partial charge in [0.2, 0.25) is 5.91 Å². The first-order chi connectivity index (χ1) is 13.8. The quantitative estimate of drug-likeness (QED) is 0.750. The van der Waals surface area contributed by atoms with Crippen LogP contribution in [0.4, 0.5) is 5.69 Å². The summed E-state index contributed by atoms with van der Waals surface area (Å²) in [5.74, 6) is -0.657. The number of sulfonamides is 1. The molecule has 0 aromatic heterocycles. The number of benzene rings is 2. The first-order valence-corrected chi connectivity index (χ1v) is 11.0. The van der Waals surface area contributed by atoms with Crippen LogP contribution in [-0.4, -0.2) is 51.8 Å². The Hall–Kier alpha value is -2.87. The van der Waals surface area contributed by atoms with Crippen LogP contribution in [0.15, 0.2) is 53.4 Å². The number of nitrogens with zero attached hydrogens (tertiary/aromatic N) is 2. The van der Waals surface area contributed by atoms with Crippen molar-refractivity contribution in [2.24, 2.45) is 0 Å². The molecule has 0 fully saturated rings. The zero-order valence-electron chi connectivity index (χ0n) is 16.6. The minimum absolute atomic E-state index is 0.0592. The number of fused-ring (bicyclic) bond motifs is 1. The standard InChI is InChI=1S/C21H25N3O4S/c1-3-12-22-20(25)15-23(2)21(26)17-8-6-9-18(14-17)29(27,28)24-13-11-16-7-4-5-10-19(16)24/h4-10,14H,3,11-13,15H2,1-2H3,(H,22,25). The fraction of sp³-hybridized carbons (Fsp3) is 0.333. The fourth-order valence-electron chi connectivity index (χ4n) is 3.30. The van der Waals surface area contributed by atoms with E-state index in [0.717, 1.165) is 12.0 Å². The zero-order valence-corrected chi connectivity index (χ0v) is 17.4. The summed E-state index contributed by atoms with van der Waals surface area (Å²) < 4.78 is 27.7. The monoisotopic (exact) mass is 415 g/mol. The van der Waals surface area contributed by atoms with E-state index >= 15 is 0 Å². The molecule has 154 valence electrons. The largest absolute Gasteiger partial charge is 0.355 e. The van der Waals surface area contributed by atoms with Crippen LogP contribution in [0, 0.1) is 0 Å². The number of carbonyl (C=O) groups excluding carboxylic acids is 2. The molecule has 0 atom stereocenters. The number of rotatable bonds is 7. The molecule has 2 aromatic rings. The summed E-state index contributed by atoms with van der Waals surface area (Å²) in [4.78, 5) is 25.9. The van der Waals surface area contributed by atoms with E-state index in [9.17, 15) is 18.0 Å². The van der Waals surface area contributed by atoms with E-state index in [-0.39, 0.29) is 22.9 Å². The van der Waals surface area contributed by atoms with Crippen molar-refractivity contribution in [1.29, 1.82) is 0 Å². The van der Waals surface area contributed by atoms with Crippen LogP contribution in [0.2, 0.25) is 0 Å². The van der Waals surface area contributed by atoms with Crippen LogP contribution in [0.3, 0.4) is 0 Å². The molecule has 1 heterocycles. The normalized spacial score (nSPS) is 13.1. The predicted octanol–water partition coefficient (Wildman–Crippen LogP) is 2.04. The van der Waals surface area contributed by atoms with Crippen LogP contribution in [0.5, 0.6) is 0 Å². The summed E-state index contributed by atoms with van der Waals surface area (Å²) in [6, 6.07) is 13.4. The lowest BCUT2D eigenvalue weighted by Gasteiger charge is -2.21. The van der Waals surface area contributed by atoms with Crippen molar-refractivity contribution in [3.63, 3.8) is 0 Å². The van der Waals surface area contributed by atoms with Crippen molar-refractivity contribution in [3.8, 4) is 0 Å². The molecule has 1 aliphatic rings. The Morgan fingerprint density at radius 3 is 2.66 bits per heavy atom. The Kier molecular flexibility index (Phi) is 6.22. The van der Waals surface area contributed by atoms with E-state index < -0.39 is 15.9 Å². The smallest absolute Gasteiger partial charge is 0.264 e. The molecule has 0 aliphatic carbocycles. The fourth-order valence-corrected chi connectivity index (χ4v) is 4.85. The van der Waals surface area contributed by atoms with E-state index in [2.05, 4.69) is 5.32 Å². The number of nitrogens with one attached hydrogen (secondary N) is 1. The summed E-state index contributed by atoms with van der Waals surface area (Å²) >= 11 is 0. The first-order valence-electron chi connectivity index (χ1n) is 9.57. The molecule has 3 rings (SSSR count). The molecule has 1 aliphatic heterocycles. The summed E-state index contributed by atoms with van der Waals surface area (Å²) in [5.41, 5.74) is 1.89. The molecule has 0 saturated heterocycles. The maximum atomic E-state index is 13.2. The molecule has 0 saturated carbocycles. The number of anilines is 1. The second-order valence-corrected chi connectivity index (χ2v) is 8.86. The lowest BCUT2D eigenvalue weighted by atomic mass is 10.2. The Labute approximate surface area is 171 Å². The van der Waals surface area contributed by atoms with Crippen LogP contribution in [-0.2, 0) is 21.2 Å². The highest BCUT2D eigenvalue weighted by molar-refractivity contribution is 7.92. The van der Waals surface area contributed by atoms with Gasteiger partial charge in [0.1, 0.15) is 0 Å². The summed E-state index contributed by atoms with van der Waals surface area (Å²) in [5, 5.41) is 2.72. The van der Waals surface area contributed by atoms with E-state index in [1.165, 1.54) is 28.4 Å². The van der Waals surface area contributed by atoms with Crippen molar-refractivity contribution in [3.05, 3.63) is 59.7 Å². The predicted molar refractivity (Wildman–Crippen MR) is 111 cm³/mol. The van der Waals surface area contributed by atoms with E-state index in [1.807, 2.05) is 25.1 Å². The topological polar surface area (TPSA) is 86.8 Å². The second kappa shape index (κ2) is 8.65. The number of carbonyl (C=O) groups is 2. The number of hydrogen-bond acceptors (Lipinski definition) is 4. The minimum Gasteiger partial charge on any atom is -0.355 e. The van der Waals surface area contributed by atoms with Gasteiger partial charge < -0.3 is 10.2 Å². The molecule has 29 heavy (non-hydrogen) atoms. The highest BCUT2D eigenvalue weighted by atomic mass is 32.2. The molecule has 1 N–H and O–H groups in total. The molecule has 2 amide bonds. The molecule has 0 unspecified atom stereocenters. The molecule has 2 aromatic carbocycles. The number of likely N-dealkylation sites (N-methyl/N-ethyl adjacent to an activating group) is 1. The molecule has 0 spiro atoms. The average Bonchev–Trinajstić information content (AvgIpc) is 3.16. The first kappa shape index (κ1) is 20.9. The Bertz CT molecular complexity index is 1020. The minimum atomic E-state index is -3.79. The highest BCUT2D eigenvalue weighted by Crippen LogP contribution is 2.32. The highest BCUT2D eigenvalue weighted by Gasteiger charge is 2.31. The molecular weight excluding hydrogens is 390 g/mol. The van der Waals surface area contributed by atoms with Crippen LogP contribution < -0.4 is 9.62 Å². The second-order valence-electron chi connectivity index (χ2n) is 6.99. The summed E-state index contributed by atoms with van der Waals surface area (Å²) in [6.07, 6.45) is 1.46. The van der Waals surface area contributed by atoms with Gasteiger partial charge in [-0.05, 0) is 42.7 Å². The van der Waals surface area contributed by atoms with Crippen molar-refractivity contribution >= 4 is 27.5 Å². The van der Waals surface area contributed by atoms with E-state index in [4.69, 9.17) is 0 Å². The SMILES string of the molecule is CCCNC(=O)CN(C)C(=O)c1cccc(S(=O)(=O)N2CCc3ccccc32)c1. The maximum absolute atomic E-state index is 13.2. The van der Waals surface area contributed by atoms with Gasteiger partial charge in [-0.25, -0.2) is 8.42 Å². The lowest BCUT2D eigenvalue weighted by molar-refractivity contribution is -0.121. The molecule has 8 heteroatoms. The van der Waals surface area contributed by atoms with Gasteiger partial charge in [0.15, 0.2) is 0 Å². The molecule has 0 radical (unpaired) electrons. The number of hydrogen-bond donors (Lipinski definition) is 1. The third kappa shape index (κ3) is 4.42. The average molecular weight is 416 g/mol.